The van der Waals surface area contributed by atoms with Gasteiger partial charge in [0.25, 0.3) is 5.91 Å². The lowest BCUT2D eigenvalue weighted by molar-refractivity contribution is 0.0952. The quantitative estimate of drug-likeness (QED) is 0.575. The number of hydrogen-bond donors (Lipinski definition) is 3. The van der Waals surface area contributed by atoms with Crippen LogP contribution in [0.3, 0.4) is 0 Å². The fourth-order valence-corrected chi connectivity index (χ4v) is 2.28. The summed E-state index contributed by atoms with van der Waals surface area (Å²) in [5, 5.41) is 23.7. The molecule has 5 nitrogen and oxygen atoms in total. The zero-order valence-corrected chi connectivity index (χ0v) is 13.1. The second-order valence-electron chi connectivity index (χ2n) is 4.19. The van der Waals surface area contributed by atoms with Gasteiger partial charge >= 0.3 is 0 Å². The molecule has 114 valence electrons. The predicted octanol–water partition coefficient (Wildman–Crippen LogP) is 3.82. The summed E-state index contributed by atoms with van der Waals surface area (Å²) in [6.07, 6.45) is 1.17. The third kappa shape index (κ3) is 3.82. The lowest BCUT2D eigenvalue weighted by atomic mass is 10.2. The van der Waals surface area contributed by atoms with E-state index in [1.54, 1.807) is 0 Å². The zero-order valence-electron chi connectivity index (χ0n) is 10.8. The number of nitrogens with one attached hydrogen (secondary N) is 1. The fourth-order valence-electron chi connectivity index (χ4n) is 1.60. The number of nitrogens with zero attached hydrogens (tertiary/aromatic N) is 1. The van der Waals surface area contributed by atoms with Gasteiger partial charge in [-0.2, -0.15) is 5.10 Å². The summed E-state index contributed by atoms with van der Waals surface area (Å²) in [4.78, 5) is 11.9. The molecule has 0 atom stereocenters. The second-order valence-corrected chi connectivity index (χ2v) is 5.47. The first kappa shape index (κ1) is 16.4. The number of phenols is 2. The maximum Gasteiger partial charge on any atom is 0.275 e. The van der Waals surface area contributed by atoms with Crippen LogP contribution in [0, 0.1) is 0 Å². The molecule has 0 unspecified atom stereocenters. The van der Waals surface area contributed by atoms with Crippen molar-refractivity contribution in [2.24, 2.45) is 5.10 Å². The topological polar surface area (TPSA) is 81.9 Å². The highest BCUT2D eigenvalue weighted by Crippen LogP contribution is 2.30. The Labute approximate surface area is 140 Å². The maximum absolute atomic E-state index is 11.9. The van der Waals surface area contributed by atoms with Gasteiger partial charge in [0.2, 0.25) is 0 Å². The Hall–Kier alpha value is -1.95. The zero-order chi connectivity index (χ0) is 16.3. The van der Waals surface area contributed by atoms with E-state index in [1.807, 2.05) is 0 Å². The maximum atomic E-state index is 11.9. The van der Waals surface area contributed by atoms with Gasteiger partial charge in [0.1, 0.15) is 11.5 Å². The highest BCUT2D eigenvalue weighted by molar-refractivity contribution is 6.36. The molecule has 22 heavy (non-hydrogen) atoms. The molecule has 8 heteroatoms. The predicted molar refractivity (Wildman–Crippen MR) is 86.3 cm³/mol. The molecule has 3 N–H and O–H groups in total. The van der Waals surface area contributed by atoms with Crippen molar-refractivity contribution < 1.29 is 15.0 Å². The van der Waals surface area contributed by atoms with E-state index in [2.05, 4.69) is 10.5 Å². The van der Waals surface area contributed by atoms with Gasteiger partial charge in [-0.25, -0.2) is 5.43 Å². The highest BCUT2D eigenvalue weighted by atomic mass is 35.5. The van der Waals surface area contributed by atoms with Gasteiger partial charge in [-0.15, -0.1) is 0 Å². The lowest BCUT2D eigenvalue weighted by Gasteiger charge is -2.04. The lowest BCUT2D eigenvalue weighted by Crippen LogP contribution is -2.17. The summed E-state index contributed by atoms with van der Waals surface area (Å²) in [6, 6.07) is 6.84. The normalized spacial score (nSPS) is 10.9. The molecule has 2 aromatic carbocycles. The van der Waals surface area contributed by atoms with Gasteiger partial charge in [-0.05, 0) is 30.3 Å². The van der Waals surface area contributed by atoms with E-state index >= 15 is 0 Å². The molecule has 0 aliphatic carbocycles. The molecule has 0 fully saturated rings. The van der Waals surface area contributed by atoms with Gasteiger partial charge in [-0.1, -0.05) is 34.8 Å². The number of carbonyl (C=O) groups is 1. The number of halogens is 3. The Balaban J connectivity index is 2.16. The van der Waals surface area contributed by atoms with Crippen molar-refractivity contribution in [1.82, 2.24) is 5.43 Å². The van der Waals surface area contributed by atoms with Crippen molar-refractivity contribution >= 4 is 46.9 Å². The van der Waals surface area contributed by atoms with E-state index in [0.717, 1.165) is 0 Å². The van der Waals surface area contributed by atoms with E-state index < -0.39 is 5.91 Å². The first-order valence-corrected chi connectivity index (χ1v) is 7.02. The SMILES string of the molecule is O=C(N/N=C/c1cc(Cl)cc(Cl)c1O)c1cc(Cl)ccc1O. The average molecular weight is 360 g/mol. The minimum absolute atomic E-state index is 0.0296. The number of hydrogen-bond acceptors (Lipinski definition) is 4. The Morgan fingerprint density at radius 2 is 1.82 bits per heavy atom. The molecule has 0 saturated heterocycles. The van der Waals surface area contributed by atoms with Crippen LogP contribution in [-0.4, -0.2) is 22.3 Å². The van der Waals surface area contributed by atoms with Crippen LogP contribution in [0.25, 0.3) is 0 Å². The Bertz CT molecular complexity index is 763. The van der Waals surface area contributed by atoms with Gasteiger partial charge in [0.15, 0.2) is 0 Å². The van der Waals surface area contributed by atoms with E-state index in [0.29, 0.717) is 10.0 Å². The molecule has 0 aliphatic rings. The number of hydrazone groups is 1. The second kappa shape index (κ2) is 6.87. The molecule has 0 heterocycles. The van der Waals surface area contributed by atoms with Crippen molar-refractivity contribution in [3.8, 4) is 11.5 Å². The van der Waals surface area contributed by atoms with E-state index in [9.17, 15) is 15.0 Å². The third-order valence-electron chi connectivity index (χ3n) is 2.63. The summed E-state index contributed by atoms with van der Waals surface area (Å²) in [5.74, 6) is -1.11. The first-order chi connectivity index (χ1) is 10.4. The van der Waals surface area contributed by atoms with Crippen LogP contribution in [0.15, 0.2) is 35.4 Å². The summed E-state index contributed by atoms with van der Waals surface area (Å²) in [7, 11) is 0. The molecule has 2 rings (SSSR count). The highest BCUT2D eigenvalue weighted by Gasteiger charge is 2.11. The molecule has 0 saturated carbocycles. The minimum Gasteiger partial charge on any atom is -0.507 e. The number of rotatable bonds is 3. The smallest absolute Gasteiger partial charge is 0.275 e. The molecule has 0 bridgehead atoms. The van der Waals surface area contributed by atoms with Crippen LogP contribution < -0.4 is 5.43 Å². The standard InChI is InChI=1S/C14H9Cl3N2O3/c15-8-1-2-12(20)10(4-8)14(22)19-18-6-7-3-9(16)5-11(17)13(7)21/h1-6,20-21H,(H,19,22)/b18-6+. The molecule has 0 aliphatic heterocycles. The molecule has 0 radical (unpaired) electrons. The van der Waals surface area contributed by atoms with E-state index in [1.165, 1.54) is 36.5 Å². The largest absolute Gasteiger partial charge is 0.507 e. The Morgan fingerprint density at radius 1 is 1.09 bits per heavy atom. The van der Waals surface area contributed by atoms with Gasteiger partial charge < -0.3 is 10.2 Å². The summed E-state index contributed by atoms with van der Waals surface area (Å²) >= 11 is 17.3. The molecule has 2 aromatic rings. The third-order valence-corrected chi connectivity index (χ3v) is 3.37. The van der Waals surface area contributed by atoms with Gasteiger partial charge in [0.05, 0.1) is 16.8 Å². The number of carbonyl (C=O) groups excluding carboxylic acids is 1. The number of amides is 1. The van der Waals surface area contributed by atoms with E-state index in [4.69, 9.17) is 34.8 Å². The van der Waals surface area contributed by atoms with Gasteiger partial charge in [0, 0.05) is 15.6 Å². The van der Waals surface area contributed by atoms with Crippen molar-refractivity contribution in [1.29, 1.82) is 0 Å². The van der Waals surface area contributed by atoms with Crippen LogP contribution in [-0.2, 0) is 0 Å². The van der Waals surface area contributed by atoms with Crippen molar-refractivity contribution in [2.45, 2.75) is 0 Å². The van der Waals surface area contributed by atoms with Crippen molar-refractivity contribution in [3.05, 3.63) is 56.5 Å². The monoisotopic (exact) mass is 358 g/mol. The Morgan fingerprint density at radius 3 is 2.55 bits per heavy atom. The van der Waals surface area contributed by atoms with Crippen LogP contribution in [0.4, 0.5) is 0 Å². The first-order valence-electron chi connectivity index (χ1n) is 5.88. The van der Waals surface area contributed by atoms with Crippen molar-refractivity contribution in [3.63, 3.8) is 0 Å². The van der Waals surface area contributed by atoms with Crippen LogP contribution >= 0.6 is 34.8 Å². The van der Waals surface area contributed by atoms with Gasteiger partial charge in [-0.3, -0.25) is 4.79 Å². The molecule has 1 amide bonds. The molecule has 0 spiro atoms. The van der Waals surface area contributed by atoms with Crippen LogP contribution in [0.2, 0.25) is 15.1 Å². The molecular formula is C14H9Cl3N2O3. The van der Waals surface area contributed by atoms with E-state index in [-0.39, 0.29) is 27.6 Å². The fraction of sp³-hybridized carbons (Fsp3) is 0. The number of phenolic OH excluding ortho intramolecular Hbond substituents is 2. The summed E-state index contributed by atoms with van der Waals surface area (Å²) < 4.78 is 0. The van der Waals surface area contributed by atoms with Crippen molar-refractivity contribution in [2.75, 3.05) is 0 Å². The molecular weight excluding hydrogens is 351 g/mol. The summed E-state index contributed by atoms with van der Waals surface area (Å²) in [5.41, 5.74) is 2.40. The van der Waals surface area contributed by atoms with Crippen LogP contribution in [0.5, 0.6) is 11.5 Å². The minimum atomic E-state index is -0.663. The number of aromatic hydroxyl groups is 2. The molecule has 0 aromatic heterocycles. The average Bonchev–Trinajstić information content (AvgIpc) is 2.46. The number of benzene rings is 2. The van der Waals surface area contributed by atoms with Crippen LogP contribution in [0.1, 0.15) is 15.9 Å². The summed E-state index contributed by atoms with van der Waals surface area (Å²) in [6.45, 7) is 0. The Kier molecular flexibility index (Phi) is 5.13.